The summed E-state index contributed by atoms with van der Waals surface area (Å²) in [6.45, 7) is 0.391. The number of hydrogen-bond acceptors (Lipinski definition) is 7. The summed E-state index contributed by atoms with van der Waals surface area (Å²) in [7, 11) is 1.50. The molecule has 2 aromatic carbocycles. The molecule has 31 heavy (non-hydrogen) atoms. The van der Waals surface area contributed by atoms with Gasteiger partial charge in [-0.05, 0) is 18.2 Å². The van der Waals surface area contributed by atoms with Gasteiger partial charge in [0.05, 0.1) is 23.3 Å². The van der Waals surface area contributed by atoms with Gasteiger partial charge < -0.3 is 25.2 Å². The third-order valence-corrected chi connectivity index (χ3v) is 5.10. The van der Waals surface area contributed by atoms with Crippen LogP contribution in [0, 0.1) is 5.82 Å². The number of carboxylic acids is 1. The van der Waals surface area contributed by atoms with Gasteiger partial charge in [0.2, 0.25) is 0 Å². The lowest BCUT2D eigenvalue weighted by molar-refractivity contribution is -0.139. The Hall–Kier alpha value is -2.88. The maximum absolute atomic E-state index is 14.3. The van der Waals surface area contributed by atoms with E-state index in [9.17, 15) is 9.18 Å². The summed E-state index contributed by atoms with van der Waals surface area (Å²) in [4.78, 5) is 19.6. The van der Waals surface area contributed by atoms with E-state index in [0.717, 1.165) is 0 Å². The summed E-state index contributed by atoms with van der Waals surface area (Å²) in [5.41, 5.74) is 0.733. The Morgan fingerprint density at radius 3 is 2.84 bits per heavy atom. The fourth-order valence-corrected chi connectivity index (χ4v) is 3.48. The predicted molar refractivity (Wildman–Crippen MR) is 116 cm³/mol. The van der Waals surface area contributed by atoms with Gasteiger partial charge in [-0.1, -0.05) is 17.7 Å². The number of fused-ring (bicyclic) bond motifs is 1. The van der Waals surface area contributed by atoms with Crippen molar-refractivity contribution >= 4 is 52.4 Å². The van der Waals surface area contributed by atoms with Gasteiger partial charge in [-0.3, -0.25) is 4.79 Å². The van der Waals surface area contributed by atoms with E-state index in [1.54, 1.807) is 24.3 Å². The first-order chi connectivity index (χ1) is 14.5. The number of ether oxygens (including phenoxy) is 2. The second-order valence-corrected chi connectivity index (χ2v) is 7.15. The molecule has 8 nitrogen and oxygen atoms in total. The Balaban J connectivity index is 0.00000272. The van der Waals surface area contributed by atoms with E-state index in [-0.39, 0.29) is 29.2 Å². The number of nitrogens with zero attached hydrogens (tertiary/aromatic N) is 2. The lowest BCUT2D eigenvalue weighted by Gasteiger charge is -2.17. The van der Waals surface area contributed by atoms with Crippen molar-refractivity contribution in [1.82, 2.24) is 15.3 Å². The van der Waals surface area contributed by atoms with Gasteiger partial charge in [0.15, 0.2) is 17.3 Å². The summed E-state index contributed by atoms with van der Waals surface area (Å²) in [6.07, 6.45) is 1.33. The van der Waals surface area contributed by atoms with Crippen molar-refractivity contribution in [3.8, 4) is 11.5 Å². The molecule has 1 fully saturated rings. The number of halogens is 3. The highest BCUT2D eigenvalue weighted by molar-refractivity contribution is 6.31. The Morgan fingerprint density at radius 2 is 2.13 bits per heavy atom. The Labute approximate surface area is 188 Å². The fourth-order valence-electron chi connectivity index (χ4n) is 3.30. The van der Waals surface area contributed by atoms with E-state index >= 15 is 0 Å². The van der Waals surface area contributed by atoms with E-state index in [1.807, 2.05) is 0 Å². The molecule has 1 aliphatic rings. The van der Waals surface area contributed by atoms with Crippen LogP contribution in [0.2, 0.25) is 5.02 Å². The first-order valence-electron chi connectivity index (χ1n) is 9.13. The van der Waals surface area contributed by atoms with Crippen LogP contribution in [0.1, 0.15) is 6.42 Å². The zero-order valence-electron chi connectivity index (χ0n) is 16.3. The van der Waals surface area contributed by atoms with Crippen LogP contribution in [0.15, 0.2) is 36.7 Å². The molecule has 3 aromatic rings. The van der Waals surface area contributed by atoms with Crippen molar-refractivity contribution in [2.45, 2.75) is 18.6 Å². The average Bonchev–Trinajstić information content (AvgIpc) is 3.20. The van der Waals surface area contributed by atoms with Crippen LogP contribution >= 0.6 is 24.0 Å². The molecule has 0 unspecified atom stereocenters. The van der Waals surface area contributed by atoms with Crippen LogP contribution < -0.4 is 20.1 Å². The summed E-state index contributed by atoms with van der Waals surface area (Å²) >= 11 is 5.86. The molecule has 4 rings (SSSR count). The second-order valence-electron chi connectivity index (χ2n) is 6.74. The van der Waals surface area contributed by atoms with Crippen molar-refractivity contribution in [2.75, 3.05) is 19.0 Å². The molecule has 0 amide bonds. The summed E-state index contributed by atoms with van der Waals surface area (Å²) in [5.74, 6) is -0.295. The highest BCUT2D eigenvalue weighted by Crippen LogP contribution is 2.36. The smallest absolute Gasteiger partial charge is 0.320 e. The van der Waals surface area contributed by atoms with Crippen molar-refractivity contribution in [3.63, 3.8) is 0 Å². The van der Waals surface area contributed by atoms with E-state index in [2.05, 4.69) is 20.6 Å². The van der Waals surface area contributed by atoms with Crippen LogP contribution in [0.5, 0.6) is 11.5 Å². The van der Waals surface area contributed by atoms with Crippen LogP contribution in [0.25, 0.3) is 10.9 Å². The Kier molecular flexibility index (Phi) is 6.99. The molecule has 0 aliphatic carbocycles. The number of aromatic nitrogens is 2. The minimum Gasteiger partial charge on any atom is -0.493 e. The molecule has 0 bridgehead atoms. The molecule has 3 N–H and O–H groups in total. The molecule has 2 atom stereocenters. The molecule has 164 valence electrons. The number of anilines is 2. The van der Waals surface area contributed by atoms with Crippen molar-refractivity contribution in [1.29, 1.82) is 0 Å². The maximum Gasteiger partial charge on any atom is 0.320 e. The van der Waals surface area contributed by atoms with Crippen LogP contribution in [-0.4, -0.2) is 46.8 Å². The van der Waals surface area contributed by atoms with E-state index < -0.39 is 17.8 Å². The SMILES string of the molecule is COc1cc2ncnc(Nc3cccc(Cl)c3F)c2cc1O[C@@H]1CN[C@@H](C(=O)O)C1.Cl. The zero-order valence-corrected chi connectivity index (χ0v) is 17.8. The molecule has 1 saturated heterocycles. The Morgan fingerprint density at radius 1 is 1.32 bits per heavy atom. The minimum absolute atomic E-state index is 0. The molecule has 2 heterocycles. The number of carboxylic acid groups (broad SMARTS) is 1. The maximum atomic E-state index is 14.3. The topological polar surface area (TPSA) is 106 Å². The number of rotatable bonds is 6. The third kappa shape index (κ3) is 4.73. The van der Waals surface area contributed by atoms with Crippen LogP contribution in [0.3, 0.4) is 0 Å². The van der Waals surface area contributed by atoms with E-state index in [4.69, 9.17) is 26.2 Å². The van der Waals surface area contributed by atoms with Gasteiger partial charge in [0, 0.05) is 24.4 Å². The number of benzene rings is 2. The van der Waals surface area contributed by atoms with Crippen LogP contribution in [0.4, 0.5) is 15.9 Å². The van der Waals surface area contributed by atoms with Gasteiger partial charge in [-0.15, -0.1) is 12.4 Å². The molecule has 1 aliphatic heterocycles. The van der Waals surface area contributed by atoms with Gasteiger partial charge in [-0.2, -0.15) is 0 Å². The quantitative estimate of drug-likeness (QED) is 0.501. The monoisotopic (exact) mass is 468 g/mol. The summed E-state index contributed by atoms with van der Waals surface area (Å²) in [5, 5.41) is 15.6. The molecule has 0 spiro atoms. The van der Waals surface area contributed by atoms with E-state index in [1.165, 1.54) is 19.5 Å². The number of hydrogen-bond donors (Lipinski definition) is 3. The molecular formula is C20H19Cl2FN4O4. The second kappa shape index (κ2) is 9.51. The summed E-state index contributed by atoms with van der Waals surface area (Å²) < 4.78 is 25.7. The molecule has 0 radical (unpaired) electrons. The average molecular weight is 469 g/mol. The fraction of sp³-hybridized carbons (Fsp3) is 0.250. The first-order valence-corrected chi connectivity index (χ1v) is 9.50. The highest BCUT2D eigenvalue weighted by atomic mass is 35.5. The predicted octanol–water partition coefficient (Wildman–Crippen LogP) is 3.79. The molecular weight excluding hydrogens is 450 g/mol. The van der Waals surface area contributed by atoms with Crippen LogP contribution in [-0.2, 0) is 4.79 Å². The van der Waals surface area contributed by atoms with Gasteiger partial charge in [-0.25, -0.2) is 14.4 Å². The lowest BCUT2D eigenvalue weighted by atomic mass is 10.1. The van der Waals surface area contributed by atoms with E-state index in [0.29, 0.717) is 41.2 Å². The Bertz CT molecular complexity index is 1120. The van der Waals surface area contributed by atoms with Gasteiger partial charge in [0.25, 0.3) is 0 Å². The standard InChI is InChI=1S/C20H18ClFN4O4.ClH/c1-29-16-7-14-11(6-17(16)30-10-5-15(20(27)28)23-8-10)19(25-9-24-14)26-13-4-2-3-12(21)18(13)22;/h2-4,6-7,9-10,15,23H,5,8H2,1H3,(H,27,28)(H,24,25,26);1H/t10-,15+;/m0./s1. The van der Waals surface area contributed by atoms with Gasteiger partial charge in [0.1, 0.15) is 24.3 Å². The van der Waals surface area contributed by atoms with Crippen molar-refractivity contribution in [2.24, 2.45) is 0 Å². The third-order valence-electron chi connectivity index (χ3n) is 4.81. The highest BCUT2D eigenvalue weighted by Gasteiger charge is 2.31. The molecule has 0 saturated carbocycles. The normalized spacial score (nSPS) is 17.8. The summed E-state index contributed by atoms with van der Waals surface area (Å²) in [6, 6.07) is 7.34. The lowest BCUT2D eigenvalue weighted by Crippen LogP contribution is -2.30. The minimum atomic E-state index is -0.921. The molecule has 11 heteroatoms. The van der Waals surface area contributed by atoms with Crippen molar-refractivity contribution < 1.29 is 23.8 Å². The number of methoxy groups -OCH3 is 1. The first kappa shape index (κ1) is 22.8. The largest absolute Gasteiger partial charge is 0.493 e. The number of nitrogens with one attached hydrogen (secondary N) is 2. The zero-order chi connectivity index (χ0) is 21.3. The number of aliphatic carboxylic acids is 1. The number of carbonyl (C=O) groups is 1. The van der Waals surface area contributed by atoms with Crippen molar-refractivity contribution in [3.05, 3.63) is 47.5 Å². The van der Waals surface area contributed by atoms with Gasteiger partial charge >= 0.3 is 5.97 Å². The molecule has 1 aromatic heterocycles.